The van der Waals surface area contributed by atoms with Crippen molar-refractivity contribution in [3.63, 3.8) is 0 Å². The quantitative estimate of drug-likeness (QED) is 0.341. The number of hydrogen-bond donors (Lipinski definition) is 2. The van der Waals surface area contributed by atoms with Crippen LogP contribution in [0.4, 0.5) is 5.69 Å². The highest BCUT2D eigenvalue weighted by Crippen LogP contribution is 2.46. The molecule has 0 saturated carbocycles. The third-order valence-corrected chi connectivity index (χ3v) is 6.19. The summed E-state index contributed by atoms with van der Waals surface area (Å²) in [5.41, 5.74) is 6.19. The first-order chi connectivity index (χ1) is 18.4. The molecular weight excluding hydrogens is 492 g/mol. The van der Waals surface area contributed by atoms with Gasteiger partial charge in [0.15, 0.2) is 24.2 Å². The van der Waals surface area contributed by atoms with E-state index in [4.69, 9.17) is 29.1 Å². The molecule has 0 spiro atoms. The number of primary amides is 1. The highest BCUT2D eigenvalue weighted by Gasteiger charge is 2.44. The van der Waals surface area contributed by atoms with Crippen LogP contribution in [0.5, 0.6) is 23.0 Å². The van der Waals surface area contributed by atoms with Crippen LogP contribution in [0.2, 0.25) is 0 Å². The van der Waals surface area contributed by atoms with E-state index in [0.717, 1.165) is 0 Å². The maximum absolute atomic E-state index is 13.6. The number of carbonyl (C=O) groups is 2. The second kappa shape index (κ2) is 10.2. The van der Waals surface area contributed by atoms with Crippen LogP contribution in [-0.4, -0.2) is 38.7 Å². The summed E-state index contributed by atoms with van der Waals surface area (Å²) in [5.74, 6) is -0.531. The molecule has 38 heavy (non-hydrogen) atoms. The van der Waals surface area contributed by atoms with E-state index in [-0.39, 0.29) is 23.7 Å². The summed E-state index contributed by atoms with van der Waals surface area (Å²) in [6.45, 7) is -0.383. The molecule has 2 amide bonds. The first kappa shape index (κ1) is 24.7. The molecule has 5 rings (SSSR count). The number of carbonyl (C=O) groups excluding carboxylic acids is 2. The Kier molecular flexibility index (Phi) is 6.61. The summed E-state index contributed by atoms with van der Waals surface area (Å²) in [6.07, 6.45) is -1.13. The zero-order chi connectivity index (χ0) is 26.8. The van der Waals surface area contributed by atoms with Gasteiger partial charge < -0.3 is 34.4 Å². The first-order valence-electron chi connectivity index (χ1n) is 11.7. The molecule has 3 N–H and O–H groups in total. The highest BCUT2D eigenvalue weighted by atomic mass is 16.5. The van der Waals surface area contributed by atoms with Gasteiger partial charge in [-0.15, -0.1) is 0 Å². The summed E-state index contributed by atoms with van der Waals surface area (Å²) >= 11 is 0. The van der Waals surface area contributed by atoms with Gasteiger partial charge in [0.1, 0.15) is 17.1 Å². The standard InChI is InChI=1S/C28H24N2O8/c1-34-17-10-8-16(9-11-17)30-27(32)26-23(15-7-12-20(35-2)21(13-15)36-14-22(29)31)24-25(38-26)18-5-3-4-6-19(18)37-28(24)33/h3-13,23,26H,14H2,1-2H3,(H2,29,31)(H,30,32)/t23-,26-/m0/s1. The monoisotopic (exact) mass is 516 g/mol. The topological polar surface area (TPSA) is 139 Å². The lowest BCUT2D eigenvalue weighted by atomic mass is 9.88. The summed E-state index contributed by atoms with van der Waals surface area (Å²) in [4.78, 5) is 38.1. The van der Waals surface area contributed by atoms with Crippen molar-refractivity contribution in [1.82, 2.24) is 0 Å². The molecule has 1 aromatic heterocycles. The molecule has 2 atom stereocenters. The number of fused-ring (bicyclic) bond motifs is 3. The number of nitrogens with two attached hydrogens (primary N) is 1. The van der Waals surface area contributed by atoms with Gasteiger partial charge in [0.2, 0.25) is 0 Å². The van der Waals surface area contributed by atoms with Crippen molar-refractivity contribution < 1.29 is 33.0 Å². The van der Waals surface area contributed by atoms with Crippen molar-refractivity contribution in [3.8, 4) is 23.0 Å². The largest absolute Gasteiger partial charge is 0.497 e. The number of hydrogen-bond acceptors (Lipinski definition) is 8. The Morgan fingerprint density at radius 2 is 1.74 bits per heavy atom. The Labute approximate surface area is 216 Å². The number of amides is 2. The van der Waals surface area contributed by atoms with E-state index in [0.29, 0.717) is 33.7 Å². The smallest absolute Gasteiger partial charge is 0.344 e. The van der Waals surface area contributed by atoms with Gasteiger partial charge in [-0.25, -0.2) is 4.79 Å². The Hall–Kier alpha value is -4.99. The minimum atomic E-state index is -1.13. The van der Waals surface area contributed by atoms with Crippen molar-refractivity contribution in [3.05, 3.63) is 88.3 Å². The normalized spacial score (nSPS) is 15.8. The van der Waals surface area contributed by atoms with Crippen molar-refractivity contribution >= 4 is 28.5 Å². The Morgan fingerprint density at radius 3 is 2.45 bits per heavy atom. The second-order valence-corrected chi connectivity index (χ2v) is 8.53. The van der Waals surface area contributed by atoms with Gasteiger partial charge in [0.25, 0.3) is 11.8 Å². The molecule has 0 saturated heterocycles. The predicted octanol–water partition coefficient (Wildman–Crippen LogP) is 3.21. The molecule has 0 bridgehead atoms. The van der Waals surface area contributed by atoms with Crippen molar-refractivity contribution in [2.75, 3.05) is 26.1 Å². The zero-order valence-corrected chi connectivity index (χ0v) is 20.6. The van der Waals surface area contributed by atoms with Crippen LogP contribution in [0.1, 0.15) is 17.0 Å². The van der Waals surface area contributed by atoms with Gasteiger partial charge in [0, 0.05) is 5.69 Å². The molecule has 4 aromatic rings. The molecule has 2 heterocycles. The summed E-state index contributed by atoms with van der Waals surface area (Å²) in [7, 11) is 3.00. The fourth-order valence-electron chi connectivity index (χ4n) is 4.46. The van der Waals surface area contributed by atoms with Crippen molar-refractivity contribution in [2.24, 2.45) is 5.73 Å². The van der Waals surface area contributed by atoms with Crippen molar-refractivity contribution in [1.29, 1.82) is 0 Å². The van der Waals surface area contributed by atoms with Gasteiger partial charge in [-0.05, 0) is 54.1 Å². The molecular formula is C28H24N2O8. The number of rotatable bonds is 8. The first-order valence-corrected chi connectivity index (χ1v) is 11.7. The van der Waals surface area contributed by atoms with Crippen LogP contribution in [0, 0.1) is 0 Å². The minimum absolute atomic E-state index is 0.199. The fourth-order valence-corrected chi connectivity index (χ4v) is 4.46. The van der Waals surface area contributed by atoms with E-state index in [9.17, 15) is 14.4 Å². The van der Waals surface area contributed by atoms with Gasteiger partial charge in [-0.3, -0.25) is 9.59 Å². The van der Waals surface area contributed by atoms with Crippen LogP contribution < -0.4 is 35.6 Å². The second-order valence-electron chi connectivity index (χ2n) is 8.53. The van der Waals surface area contributed by atoms with Crippen LogP contribution >= 0.6 is 0 Å². The third-order valence-electron chi connectivity index (χ3n) is 6.19. The van der Waals surface area contributed by atoms with E-state index in [1.807, 2.05) is 0 Å². The molecule has 1 aliphatic heterocycles. The highest BCUT2D eigenvalue weighted by molar-refractivity contribution is 5.97. The lowest BCUT2D eigenvalue weighted by Crippen LogP contribution is -2.35. The van der Waals surface area contributed by atoms with E-state index in [1.54, 1.807) is 73.8 Å². The number of anilines is 1. The zero-order valence-electron chi connectivity index (χ0n) is 20.6. The maximum Gasteiger partial charge on any atom is 0.344 e. The van der Waals surface area contributed by atoms with Gasteiger partial charge in [0.05, 0.1) is 31.1 Å². The summed E-state index contributed by atoms with van der Waals surface area (Å²) in [5, 5.41) is 3.41. The van der Waals surface area contributed by atoms with Crippen LogP contribution in [-0.2, 0) is 9.59 Å². The number of benzene rings is 3. The van der Waals surface area contributed by atoms with Gasteiger partial charge >= 0.3 is 5.63 Å². The Morgan fingerprint density at radius 1 is 0.974 bits per heavy atom. The Balaban J connectivity index is 1.60. The van der Waals surface area contributed by atoms with Gasteiger partial charge in [-0.1, -0.05) is 18.2 Å². The maximum atomic E-state index is 13.6. The molecule has 1 aliphatic rings. The SMILES string of the molecule is COc1ccc(NC(=O)[C@H]2Oc3c(c(=O)oc4ccccc34)[C@@H]2c2ccc(OC)c(OCC(N)=O)c2)cc1. The number of para-hydroxylation sites is 1. The average Bonchev–Trinajstić information content (AvgIpc) is 3.34. The number of nitrogens with one attached hydrogen (secondary N) is 1. The van der Waals surface area contributed by atoms with Crippen LogP contribution in [0.15, 0.2) is 75.9 Å². The lowest BCUT2D eigenvalue weighted by molar-refractivity contribution is -0.122. The molecule has 0 radical (unpaired) electrons. The molecule has 10 nitrogen and oxygen atoms in total. The predicted molar refractivity (Wildman–Crippen MR) is 138 cm³/mol. The van der Waals surface area contributed by atoms with E-state index in [1.165, 1.54) is 7.11 Å². The van der Waals surface area contributed by atoms with Crippen LogP contribution in [0.25, 0.3) is 11.0 Å². The number of ether oxygens (including phenoxy) is 4. The van der Waals surface area contributed by atoms with E-state index < -0.39 is 29.5 Å². The van der Waals surface area contributed by atoms with Crippen LogP contribution in [0.3, 0.4) is 0 Å². The van der Waals surface area contributed by atoms with E-state index in [2.05, 4.69) is 5.32 Å². The van der Waals surface area contributed by atoms with Crippen molar-refractivity contribution in [2.45, 2.75) is 12.0 Å². The number of methoxy groups -OCH3 is 2. The molecule has 10 heteroatoms. The summed E-state index contributed by atoms with van der Waals surface area (Å²) in [6, 6.07) is 18.7. The molecule has 3 aromatic carbocycles. The lowest BCUT2D eigenvalue weighted by Gasteiger charge is -2.20. The molecule has 0 unspecified atom stereocenters. The Bertz CT molecular complexity index is 1580. The molecule has 0 aliphatic carbocycles. The molecule has 194 valence electrons. The molecule has 0 fully saturated rings. The van der Waals surface area contributed by atoms with E-state index >= 15 is 0 Å². The fraction of sp³-hybridized carbons (Fsp3) is 0.179. The third kappa shape index (κ3) is 4.59. The average molecular weight is 517 g/mol. The van der Waals surface area contributed by atoms with Gasteiger partial charge in [-0.2, -0.15) is 0 Å². The summed E-state index contributed by atoms with van der Waals surface area (Å²) < 4.78 is 27.8. The minimum Gasteiger partial charge on any atom is -0.497 e.